The van der Waals surface area contributed by atoms with Crippen LogP contribution in [0.15, 0.2) is 36.4 Å². The third-order valence-electron chi connectivity index (χ3n) is 2.53. The molecule has 2 rings (SSSR count). The van der Waals surface area contributed by atoms with Crippen molar-refractivity contribution in [1.82, 2.24) is 10.2 Å². The second kappa shape index (κ2) is 5.41. The molecule has 0 atom stereocenters. The van der Waals surface area contributed by atoms with Gasteiger partial charge in [0.15, 0.2) is 0 Å². The molecule has 1 heterocycles. The third kappa shape index (κ3) is 3.26. The maximum atomic E-state index is 5.55. The Hall–Kier alpha value is -1.94. The fourth-order valence-electron chi connectivity index (χ4n) is 1.48. The topological polar surface area (TPSA) is 63.8 Å². The van der Waals surface area contributed by atoms with E-state index in [1.807, 2.05) is 31.2 Å². The first-order valence-electron chi connectivity index (χ1n) is 5.60. The third-order valence-corrected chi connectivity index (χ3v) is 2.53. The van der Waals surface area contributed by atoms with Gasteiger partial charge in [0, 0.05) is 13.1 Å². The SMILES string of the molecule is Cc1ccc(NCc2ccc(CN)cc2)nn1. The Morgan fingerprint density at radius 1 is 1.00 bits per heavy atom. The molecule has 2 aromatic rings. The Morgan fingerprint density at radius 2 is 1.71 bits per heavy atom. The van der Waals surface area contributed by atoms with Gasteiger partial charge in [-0.05, 0) is 30.2 Å². The van der Waals surface area contributed by atoms with Crippen molar-refractivity contribution in [3.63, 3.8) is 0 Å². The summed E-state index contributed by atoms with van der Waals surface area (Å²) in [5.41, 5.74) is 8.81. The van der Waals surface area contributed by atoms with Crippen LogP contribution >= 0.6 is 0 Å². The Balaban J connectivity index is 1.95. The van der Waals surface area contributed by atoms with Gasteiger partial charge in [-0.25, -0.2) is 0 Å². The first-order chi connectivity index (χ1) is 8.28. The highest BCUT2D eigenvalue weighted by atomic mass is 15.2. The maximum absolute atomic E-state index is 5.55. The van der Waals surface area contributed by atoms with Crippen LogP contribution in [0.1, 0.15) is 16.8 Å². The van der Waals surface area contributed by atoms with Gasteiger partial charge < -0.3 is 11.1 Å². The number of rotatable bonds is 4. The van der Waals surface area contributed by atoms with E-state index in [4.69, 9.17) is 5.73 Å². The summed E-state index contributed by atoms with van der Waals surface area (Å²) < 4.78 is 0. The van der Waals surface area contributed by atoms with Crippen molar-refractivity contribution < 1.29 is 0 Å². The highest BCUT2D eigenvalue weighted by Gasteiger charge is 1.96. The molecule has 1 aromatic heterocycles. The highest BCUT2D eigenvalue weighted by molar-refractivity contribution is 5.34. The van der Waals surface area contributed by atoms with Crippen molar-refractivity contribution >= 4 is 5.82 Å². The van der Waals surface area contributed by atoms with Crippen LogP contribution < -0.4 is 11.1 Å². The molecule has 17 heavy (non-hydrogen) atoms. The minimum Gasteiger partial charge on any atom is -0.365 e. The number of nitrogens with zero attached hydrogens (tertiary/aromatic N) is 2. The van der Waals surface area contributed by atoms with E-state index in [0.717, 1.165) is 23.6 Å². The van der Waals surface area contributed by atoms with Crippen LogP contribution in [-0.2, 0) is 13.1 Å². The van der Waals surface area contributed by atoms with Crippen LogP contribution in [0.3, 0.4) is 0 Å². The second-order valence-electron chi connectivity index (χ2n) is 3.93. The minimum absolute atomic E-state index is 0.581. The van der Waals surface area contributed by atoms with E-state index in [1.54, 1.807) is 0 Å². The zero-order valence-electron chi connectivity index (χ0n) is 9.85. The molecule has 1 aromatic carbocycles. The van der Waals surface area contributed by atoms with Crippen molar-refractivity contribution in [3.8, 4) is 0 Å². The fraction of sp³-hybridized carbons (Fsp3) is 0.231. The highest BCUT2D eigenvalue weighted by Crippen LogP contribution is 2.07. The number of hydrogen-bond acceptors (Lipinski definition) is 4. The first-order valence-corrected chi connectivity index (χ1v) is 5.60. The monoisotopic (exact) mass is 228 g/mol. The summed E-state index contributed by atoms with van der Waals surface area (Å²) >= 11 is 0. The molecule has 88 valence electrons. The number of nitrogens with two attached hydrogens (primary N) is 1. The molecule has 4 heteroatoms. The number of aromatic nitrogens is 2. The van der Waals surface area contributed by atoms with Gasteiger partial charge in [-0.1, -0.05) is 24.3 Å². The lowest BCUT2D eigenvalue weighted by Crippen LogP contribution is -2.03. The molecule has 0 saturated carbocycles. The summed E-state index contributed by atoms with van der Waals surface area (Å²) in [4.78, 5) is 0. The van der Waals surface area contributed by atoms with Crippen molar-refractivity contribution in [2.75, 3.05) is 5.32 Å². The maximum Gasteiger partial charge on any atom is 0.148 e. The number of benzene rings is 1. The zero-order chi connectivity index (χ0) is 12.1. The normalized spacial score (nSPS) is 10.2. The summed E-state index contributed by atoms with van der Waals surface area (Å²) in [6, 6.07) is 12.1. The molecular formula is C13H16N4. The lowest BCUT2D eigenvalue weighted by molar-refractivity contribution is 0.962. The number of nitrogens with one attached hydrogen (secondary N) is 1. The predicted molar refractivity (Wildman–Crippen MR) is 68.4 cm³/mol. The van der Waals surface area contributed by atoms with Crippen LogP contribution in [0.5, 0.6) is 0 Å². The lowest BCUT2D eigenvalue weighted by Gasteiger charge is -2.05. The molecule has 0 fully saturated rings. The minimum atomic E-state index is 0.581. The fourth-order valence-corrected chi connectivity index (χ4v) is 1.48. The van der Waals surface area contributed by atoms with Crippen molar-refractivity contribution in [1.29, 1.82) is 0 Å². The molecule has 0 aliphatic heterocycles. The number of hydrogen-bond donors (Lipinski definition) is 2. The molecule has 0 aliphatic carbocycles. The molecule has 0 unspecified atom stereocenters. The molecule has 0 amide bonds. The van der Waals surface area contributed by atoms with Crippen LogP contribution in [0, 0.1) is 6.92 Å². The molecule has 0 radical (unpaired) electrons. The average Bonchev–Trinajstić information content (AvgIpc) is 2.39. The summed E-state index contributed by atoms with van der Waals surface area (Å²) in [6.07, 6.45) is 0. The van der Waals surface area contributed by atoms with Gasteiger partial charge in [0.25, 0.3) is 0 Å². The second-order valence-corrected chi connectivity index (χ2v) is 3.93. The smallest absolute Gasteiger partial charge is 0.148 e. The molecule has 0 spiro atoms. The van der Waals surface area contributed by atoms with Crippen LogP contribution in [-0.4, -0.2) is 10.2 Å². The van der Waals surface area contributed by atoms with E-state index >= 15 is 0 Å². The Kier molecular flexibility index (Phi) is 3.67. The van der Waals surface area contributed by atoms with Crippen LogP contribution in [0.25, 0.3) is 0 Å². The number of anilines is 1. The van der Waals surface area contributed by atoms with Crippen molar-refractivity contribution in [2.24, 2.45) is 5.73 Å². The largest absolute Gasteiger partial charge is 0.365 e. The average molecular weight is 228 g/mol. The van der Waals surface area contributed by atoms with Gasteiger partial charge in [0.1, 0.15) is 5.82 Å². The Bertz CT molecular complexity index is 462. The molecular weight excluding hydrogens is 212 g/mol. The van der Waals surface area contributed by atoms with E-state index in [-0.39, 0.29) is 0 Å². The van der Waals surface area contributed by atoms with Crippen molar-refractivity contribution in [2.45, 2.75) is 20.0 Å². The Labute approximate surface area is 101 Å². The molecule has 0 bridgehead atoms. The van der Waals surface area contributed by atoms with Crippen LogP contribution in [0.2, 0.25) is 0 Å². The summed E-state index contributed by atoms with van der Waals surface area (Å²) in [7, 11) is 0. The van der Waals surface area contributed by atoms with Gasteiger partial charge in [-0.3, -0.25) is 0 Å². The molecule has 0 aliphatic rings. The standard InChI is InChI=1S/C13H16N4/c1-10-2-7-13(17-16-10)15-9-12-5-3-11(8-14)4-6-12/h2-7H,8-9,14H2,1H3,(H,15,17). The predicted octanol–water partition coefficient (Wildman–Crippen LogP) is 1.86. The van der Waals surface area contributed by atoms with Gasteiger partial charge in [0.05, 0.1) is 5.69 Å². The van der Waals surface area contributed by atoms with E-state index in [0.29, 0.717) is 6.54 Å². The first kappa shape index (κ1) is 11.5. The zero-order valence-corrected chi connectivity index (χ0v) is 9.85. The summed E-state index contributed by atoms with van der Waals surface area (Å²) in [5, 5.41) is 11.3. The van der Waals surface area contributed by atoms with Gasteiger partial charge in [0.2, 0.25) is 0 Å². The molecule has 4 nitrogen and oxygen atoms in total. The van der Waals surface area contributed by atoms with E-state index < -0.39 is 0 Å². The Morgan fingerprint density at radius 3 is 2.29 bits per heavy atom. The van der Waals surface area contributed by atoms with Crippen LogP contribution in [0.4, 0.5) is 5.82 Å². The quantitative estimate of drug-likeness (QED) is 0.838. The molecule has 3 N–H and O–H groups in total. The lowest BCUT2D eigenvalue weighted by atomic mass is 10.1. The number of aryl methyl sites for hydroxylation is 1. The van der Waals surface area contributed by atoms with Crippen molar-refractivity contribution in [3.05, 3.63) is 53.2 Å². The summed E-state index contributed by atoms with van der Waals surface area (Å²) in [6.45, 7) is 3.24. The van der Waals surface area contributed by atoms with Gasteiger partial charge >= 0.3 is 0 Å². The van der Waals surface area contributed by atoms with Gasteiger partial charge in [-0.15, -0.1) is 5.10 Å². The van der Waals surface area contributed by atoms with E-state index in [2.05, 4.69) is 27.6 Å². The van der Waals surface area contributed by atoms with E-state index in [9.17, 15) is 0 Å². The van der Waals surface area contributed by atoms with E-state index in [1.165, 1.54) is 5.56 Å². The molecule has 0 saturated heterocycles. The van der Waals surface area contributed by atoms with Gasteiger partial charge in [-0.2, -0.15) is 5.10 Å². The summed E-state index contributed by atoms with van der Waals surface area (Å²) in [5.74, 6) is 0.790.